The van der Waals surface area contributed by atoms with Crippen molar-refractivity contribution < 1.29 is 9.66 Å². The quantitative estimate of drug-likeness (QED) is 0.228. The molecule has 0 aliphatic heterocycles. The van der Waals surface area contributed by atoms with E-state index in [-0.39, 0.29) is 5.69 Å². The van der Waals surface area contributed by atoms with Crippen molar-refractivity contribution in [3.05, 3.63) is 88.3 Å². The first-order valence-corrected chi connectivity index (χ1v) is 9.64. The van der Waals surface area contributed by atoms with Crippen molar-refractivity contribution in [2.24, 2.45) is 0 Å². The zero-order valence-corrected chi connectivity index (χ0v) is 16.3. The average molecular weight is 396 g/mol. The lowest BCUT2D eigenvalue weighted by Gasteiger charge is -2.09. The van der Waals surface area contributed by atoms with E-state index < -0.39 is 4.92 Å². The van der Waals surface area contributed by atoms with Gasteiger partial charge in [-0.3, -0.25) is 14.7 Å². The van der Waals surface area contributed by atoms with Crippen LogP contribution in [0.15, 0.2) is 66.3 Å². The molecule has 28 heavy (non-hydrogen) atoms. The van der Waals surface area contributed by atoms with E-state index in [1.165, 1.54) is 23.9 Å². The maximum absolute atomic E-state index is 10.8. The molecule has 144 valence electrons. The number of thioether (sulfide) groups is 1. The van der Waals surface area contributed by atoms with Crippen molar-refractivity contribution in [2.45, 2.75) is 31.0 Å². The summed E-state index contributed by atoms with van der Waals surface area (Å²) < 4.78 is 7.80. The maximum atomic E-state index is 10.8. The van der Waals surface area contributed by atoms with Gasteiger partial charge >= 0.3 is 0 Å². The second-order valence-corrected chi connectivity index (χ2v) is 7.06. The molecule has 0 fully saturated rings. The number of hydrogen-bond acceptors (Lipinski definition) is 6. The van der Waals surface area contributed by atoms with Crippen LogP contribution in [0.25, 0.3) is 0 Å². The van der Waals surface area contributed by atoms with E-state index in [9.17, 15) is 10.1 Å². The molecule has 0 aliphatic carbocycles. The van der Waals surface area contributed by atoms with Gasteiger partial charge in [0.15, 0.2) is 11.0 Å². The standard InChI is InChI=1S/C20H20N4O3S/c1-3-11-23-19(13-27-18-6-4-5-15(2)12-18)21-22-20(23)28-14-16-7-9-17(10-8-16)24(25)26/h3-10,12H,1,11,13-14H2,2H3. The molecule has 0 saturated heterocycles. The van der Waals surface area contributed by atoms with Crippen LogP contribution in [-0.4, -0.2) is 19.7 Å². The molecule has 0 radical (unpaired) electrons. The number of aromatic nitrogens is 3. The number of nitro groups is 1. The molecule has 0 spiro atoms. The molecule has 3 rings (SSSR count). The second kappa shape index (κ2) is 9.18. The average Bonchev–Trinajstić information content (AvgIpc) is 3.07. The summed E-state index contributed by atoms with van der Waals surface area (Å²) in [6, 6.07) is 14.4. The van der Waals surface area contributed by atoms with Crippen LogP contribution in [0.1, 0.15) is 17.0 Å². The first kappa shape index (κ1) is 19.6. The van der Waals surface area contributed by atoms with Crippen molar-refractivity contribution in [1.82, 2.24) is 14.8 Å². The van der Waals surface area contributed by atoms with Crippen LogP contribution >= 0.6 is 11.8 Å². The molecule has 0 atom stereocenters. The van der Waals surface area contributed by atoms with Gasteiger partial charge in [0, 0.05) is 24.4 Å². The molecule has 0 saturated carbocycles. The Labute approximate surface area is 167 Å². The largest absolute Gasteiger partial charge is 0.486 e. The maximum Gasteiger partial charge on any atom is 0.269 e. The second-order valence-electron chi connectivity index (χ2n) is 6.12. The smallest absolute Gasteiger partial charge is 0.269 e. The number of benzene rings is 2. The Kier molecular flexibility index (Phi) is 6.44. The van der Waals surface area contributed by atoms with Gasteiger partial charge in [0.25, 0.3) is 5.69 Å². The number of hydrogen-bond donors (Lipinski definition) is 0. The molecule has 2 aromatic carbocycles. The minimum Gasteiger partial charge on any atom is -0.486 e. The number of allylic oxidation sites excluding steroid dienone is 1. The molecule has 7 nitrogen and oxygen atoms in total. The first-order valence-electron chi connectivity index (χ1n) is 8.65. The third-order valence-electron chi connectivity index (χ3n) is 3.98. The van der Waals surface area contributed by atoms with Gasteiger partial charge in [0.2, 0.25) is 0 Å². The summed E-state index contributed by atoms with van der Waals surface area (Å²) in [5, 5.41) is 20.0. The Bertz CT molecular complexity index is 970. The summed E-state index contributed by atoms with van der Waals surface area (Å²) in [5.74, 6) is 2.13. The van der Waals surface area contributed by atoms with Crippen LogP contribution in [0.2, 0.25) is 0 Å². The third kappa shape index (κ3) is 4.98. The van der Waals surface area contributed by atoms with Gasteiger partial charge in [-0.2, -0.15) is 0 Å². The van der Waals surface area contributed by atoms with Gasteiger partial charge in [-0.15, -0.1) is 16.8 Å². The zero-order valence-electron chi connectivity index (χ0n) is 15.4. The lowest BCUT2D eigenvalue weighted by Crippen LogP contribution is -2.07. The monoisotopic (exact) mass is 396 g/mol. The molecule has 0 bridgehead atoms. The topological polar surface area (TPSA) is 83.1 Å². The SMILES string of the molecule is C=CCn1c(COc2cccc(C)c2)nnc1SCc1ccc([N+](=O)[O-])cc1. The molecule has 0 N–H and O–H groups in total. The molecular formula is C20H20N4O3S. The molecule has 1 aromatic heterocycles. The first-order chi connectivity index (χ1) is 13.6. The minimum absolute atomic E-state index is 0.0826. The van der Waals surface area contributed by atoms with Crippen LogP contribution < -0.4 is 4.74 Å². The highest BCUT2D eigenvalue weighted by Gasteiger charge is 2.13. The van der Waals surface area contributed by atoms with Gasteiger partial charge in [0.1, 0.15) is 12.4 Å². The van der Waals surface area contributed by atoms with Crippen LogP contribution in [0.5, 0.6) is 5.75 Å². The Balaban J connectivity index is 1.67. The molecule has 0 aliphatic rings. The summed E-state index contributed by atoms with van der Waals surface area (Å²) in [7, 11) is 0. The van der Waals surface area contributed by atoms with E-state index in [2.05, 4.69) is 16.8 Å². The van der Waals surface area contributed by atoms with Gasteiger partial charge in [-0.05, 0) is 30.2 Å². The summed E-state index contributed by atoms with van der Waals surface area (Å²) in [5.41, 5.74) is 2.19. The highest BCUT2D eigenvalue weighted by atomic mass is 32.2. The lowest BCUT2D eigenvalue weighted by molar-refractivity contribution is -0.384. The molecule has 8 heteroatoms. The van der Waals surface area contributed by atoms with Crippen LogP contribution in [0.3, 0.4) is 0 Å². The van der Waals surface area contributed by atoms with Crippen molar-refractivity contribution in [2.75, 3.05) is 0 Å². The fourth-order valence-electron chi connectivity index (χ4n) is 2.56. The van der Waals surface area contributed by atoms with E-state index in [0.717, 1.165) is 22.0 Å². The van der Waals surface area contributed by atoms with Crippen molar-refractivity contribution >= 4 is 17.4 Å². The van der Waals surface area contributed by atoms with Gasteiger partial charge in [-0.25, -0.2) is 0 Å². The van der Waals surface area contributed by atoms with E-state index in [0.29, 0.717) is 24.7 Å². The normalized spacial score (nSPS) is 10.6. The van der Waals surface area contributed by atoms with E-state index in [4.69, 9.17) is 4.74 Å². The Morgan fingerprint density at radius 3 is 2.71 bits per heavy atom. The predicted molar refractivity (Wildman–Crippen MR) is 108 cm³/mol. The summed E-state index contributed by atoms with van der Waals surface area (Å²) in [4.78, 5) is 10.3. The number of rotatable bonds is 9. The third-order valence-corrected chi connectivity index (χ3v) is 5.02. The van der Waals surface area contributed by atoms with E-state index in [1.54, 1.807) is 18.2 Å². The highest BCUT2D eigenvalue weighted by Crippen LogP contribution is 2.24. The van der Waals surface area contributed by atoms with Gasteiger partial charge < -0.3 is 4.74 Å². The fourth-order valence-corrected chi connectivity index (χ4v) is 3.48. The number of nitro benzene ring substituents is 1. The van der Waals surface area contributed by atoms with Crippen molar-refractivity contribution in [3.8, 4) is 5.75 Å². The molecule has 0 unspecified atom stereocenters. The lowest BCUT2D eigenvalue weighted by atomic mass is 10.2. The Morgan fingerprint density at radius 1 is 1.25 bits per heavy atom. The molecule has 1 heterocycles. The zero-order chi connectivity index (χ0) is 19.9. The highest BCUT2D eigenvalue weighted by molar-refractivity contribution is 7.98. The Hall–Kier alpha value is -3.13. The number of aryl methyl sites for hydroxylation is 1. The van der Waals surface area contributed by atoms with Crippen LogP contribution in [0, 0.1) is 17.0 Å². The van der Waals surface area contributed by atoms with E-state index >= 15 is 0 Å². The number of nitrogens with zero attached hydrogens (tertiary/aromatic N) is 4. The number of ether oxygens (including phenoxy) is 1. The van der Waals surface area contributed by atoms with Crippen molar-refractivity contribution in [3.63, 3.8) is 0 Å². The van der Waals surface area contributed by atoms with Crippen molar-refractivity contribution in [1.29, 1.82) is 0 Å². The summed E-state index contributed by atoms with van der Waals surface area (Å²) in [6.45, 7) is 6.70. The van der Waals surface area contributed by atoms with Crippen LogP contribution in [0.4, 0.5) is 5.69 Å². The Morgan fingerprint density at radius 2 is 2.04 bits per heavy atom. The van der Waals surface area contributed by atoms with Crippen LogP contribution in [-0.2, 0) is 18.9 Å². The molecule has 3 aromatic rings. The minimum atomic E-state index is -0.405. The van der Waals surface area contributed by atoms with Gasteiger partial charge in [-0.1, -0.05) is 42.1 Å². The fraction of sp³-hybridized carbons (Fsp3) is 0.200. The predicted octanol–water partition coefficient (Wildman–Crippen LogP) is 4.55. The summed E-state index contributed by atoms with van der Waals surface area (Å²) >= 11 is 1.52. The van der Waals surface area contributed by atoms with E-state index in [1.807, 2.05) is 35.8 Å². The number of non-ortho nitro benzene ring substituents is 1. The summed E-state index contributed by atoms with van der Waals surface area (Å²) in [6.07, 6.45) is 1.79. The molecule has 0 amide bonds. The molecular weight excluding hydrogens is 376 g/mol. The van der Waals surface area contributed by atoms with Gasteiger partial charge in [0.05, 0.1) is 4.92 Å².